The van der Waals surface area contributed by atoms with Gasteiger partial charge in [-0.3, -0.25) is 4.79 Å². The van der Waals surface area contributed by atoms with Crippen LogP contribution in [0.4, 0.5) is 0 Å². The van der Waals surface area contributed by atoms with Crippen molar-refractivity contribution in [2.45, 2.75) is 43.5 Å². The molecule has 2 saturated carbocycles. The molecule has 2 aliphatic carbocycles. The predicted octanol–water partition coefficient (Wildman–Crippen LogP) is 1.49. The van der Waals surface area contributed by atoms with Gasteiger partial charge in [0, 0.05) is 19.3 Å². The Bertz CT molecular complexity index is 710. The van der Waals surface area contributed by atoms with Crippen LogP contribution in [0.5, 0.6) is 0 Å². The van der Waals surface area contributed by atoms with Crippen LogP contribution >= 0.6 is 0 Å². The molecule has 128 valence electrons. The number of hydrogen-bond acceptors (Lipinski definition) is 3. The quantitative estimate of drug-likeness (QED) is 0.853. The summed E-state index contributed by atoms with van der Waals surface area (Å²) in [5.74, 6) is 1.93. The molecule has 3 rings (SSSR count). The Morgan fingerprint density at radius 1 is 1.35 bits per heavy atom. The first-order valence-corrected chi connectivity index (χ1v) is 9.71. The molecule has 4 atom stereocenters. The summed E-state index contributed by atoms with van der Waals surface area (Å²) < 4.78 is 27.5. The van der Waals surface area contributed by atoms with Crippen molar-refractivity contribution in [3.8, 4) is 0 Å². The number of aromatic nitrogens is 1. The highest BCUT2D eigenvalue weighted by molar-refractivity contribution is 7.89. The molecule has 1 amide bonds. The molecule has 1 aromatic heterocycles. The predicted molar refractivity (Wildman–Crippen MR) is 87.5 cm³/mol. The molecule has 1 aromatic rings. The molecule has 0 radical (unpaired) electrons. The summed E-state index contributed by atoms with van der Waals surface area (Å²) in [6.07, 6.45) is 6.59. The molecule has 0 aromatic carbocycles. The Hall–Kier alpha value is -1.34. The third-order valence-corrected chi connectivity index (χ3v) is 6.97. The number of aryl methyl sites for hydroxylation is 1. The summed E-state index contributed by atoms with van der Waals surface area (Å²) in [4.78, 5) is 12.6. The van der Waals surface area contributed by atoms with Crippen molar-refractivity contribution in [1.29, 1.82) is 0 Å². The lowest BCUT2D eigenvalue weighted by molar-refractivity contribution is 0.0907. The minimum Gasteiger partial charge on any atom is -0.348 e. The lowest BCUT2D eigenvalue weighted by atomic mass is 9.84. The van der Waals surface area contributed by atoms with Crippen molar-refractivity contribution >= 4 is 15.9 Å². The Labute approximate surface area is 137 Å². The first kappa shape index (κ1) is 16.5. The van der Waals surface area contributed by atoms with Gasteiger partial charge in [-0.05, 0) is 57.1 Å². The van der Waals surface area contributed by atoms with Crippen molar-refractivity contribution in [2.75, 3.05) is 7.05 Å². The normalized spacial score (nSPS) is 28.0. The molecule has 2 bridgehead atoms. The second-order valence-electron chi connectivity index (χ2n) is 6.98. The minimum atomic E-state index is -3.54. The topological polar surface area (TPSA) is 80.2 Å². The summed E-state index contributed by atoms with van der Waals surface area (Å²) >= 11 is 0. The fourth-order valence-electron chi connectivity index (χ4n) is 4.32. The van der Waals surface area contributed by atoms with Gasteiger partial charge in [-0.1, -0.05) is 6.42 Å². The molecule has 0 spiro atoms. The van der Waals surface area contributed by atoms with Crippen LogP contribution in [0.3, 0.4) is 0 Å². The van der Waals surface area contributed by atoms with Gasteiger partial charge in [0.1, 0.15) is 10.6 Å². The van der Waals surface area contributed by atoms with Crippen LogP contribution in [0.25, 0.3) is 0 Å². The third kappa shape index (κ3) is 3.04. The zero-order valence-electron chi connectivity index (χ0n) is 13.9. The largest absolute Gasteiger partial charge is 0.348 e. The van der Waals surface area contributed by atoms with E-state index in [1.165, 1.54) is 45.0 Å². The number of carbonyl (C=O) groups is 1. The number of carbonyl (C=O) groups excluding carboxylic acids is 1. The van der Waals surface area contributed by atoms with Crippen LogP contribution in [0, 0.1) is 17.8 Å². The summed E-state index contributed by atoms with van der Waals surface area (Å²) in [6.45, 7) is 2.07. The lowest BCUT2D eigenvalue weighted by Crippen LogP contribution is -2.40. The van der Waals surface area contributed by atoms with Crippen LogP contribution in [-0.4, -0.2) is 32.0 Å². The fraction of sp³-hybridized carbons (Fsp3) is 0.688. The van der Waals surface area contributed by atoms with Gasteiger partial charge in [0.2, 0.25) is 10.0 Å². The first-order valence-electron chi connectivity index (χ1n) is 8.22. The monoisotopic (exact) mass is 339 g/mol. The van der Waals surface area contributed by atoms with Crippen molar-refractivity contribution < 1.29 is 13.2 Å². The molecule has 7 heteroatoms. The van der Waals surface area contributed by atoms with E-state index in [2.05, 4.69) is 17.0 Å². The number of nitrogens with one attached hydrogen (secondary N) is 2. The number of fused-ring (bicyclic) bond motifs is 2. The second-order valence-corrected chi connectivity index (χ2v) is 8.87. The average Bonchev–Trinajstić information content (AvgIpc) is 3.21. The molecule has 2 fully saturated rings. The molecule has 2 aliphatic rings. The number of rotatable bonds is 5. The van der Waals surface area contributed by atoms with E-state index < -0.39 is 10.0 Å². The van der Waals surface area contributed by atoms with E-state index in [1.807, 2.05) is 0 Å². The van der Waals surface area contributed by atoms with Crippen molar-refractivity contribution in [3.05, 3.63) is 18.0 Å². The van der Waals surface area contributed by atoms with E-state index in [0.29, 0.717) is 11.6 Å². The van der Waals surface area contributed by atoms with Gasteiger partial charge in [-0.15, -0.1) is 0 Å². The number of hydrogen-bond donors (Lipinski definition) is 2. The molecule has 1 heterocycles. The van der Waals surface area contributed by atoms with Crippen LogP contribution < -0.4 is 10.0 Å². The van der Waals surface area contributed by atoms with E-state index in [9.17, 15) is 13.2 Å². The number of sulfonamides is 1. The summed E-state index contributed by atoms with van der Waals surface area (Å²) in [5, 5.41) is 3.07. The summed E-state index contributed by atoms with van der Waals surface area (Å²) in [5.41, 5.74) is 0.369. The van der Waals surface area contributed by atoms with Crippen LogP contribution in [0.15, 0.2) is 17.2 Å². The van der Waals surface area contributed by atoms with Crippen molar-refractivity contribution in [1.82, 2.24) is 14.6 Å². The van der Waals surface area contributed by atoms with E-state index in [-0.39, 0.29) is 16.8 Å². The van der Waals surface area contributed by atoms with Gasteiger partial charge in [0.15, 0.2) is 0 Å². The molecule has 0 unspecified atom stereocenters. The van der Waals surface area contributed by atoms with E-state index in [4.69, 9.17) is 0 Å². The highest BCUT2D eigenvalue weighted by Gasteiger charge is 2.42. The average molecular weight is 339 g/mol. The fourth-order valence-corrected chi connectivity index (χ4v) is 5.12. The maximum Gasteiger partial charge on any atom is 0.268 e. The van der Waals surface area contributed by atoms with E-state index in [0.717, 1.165) is 11.8 Å². The zero-order chi connectivity index (χ0) is 16.8. The van der Waals surface area contributed by atoms with Crippen LogP contribution in [0.1, 0.15) is 43.1 Å². The Balaban J connectivity index is 1.71. The van der Waals surface area contributed by atoms with E-state index in [1.54, 1.807) is 11.6 Å². The standard InChI is InChI=1S/C16H25N3O3S/c1-10(14-7-11-4-5-12(14)6-11)18-16(20)15-8-13(9-19(15)3)23(21,22)17-2/h8-12,14,17H,4-7H2,1-3H3,(H,18,20)/t10-,11+,12+,14+/m1/s1. The second kappa shape index (κ2) is 5.94. The molecule has 23 heavy (non-hydrogen) atoms. The van der Waals surface area contributed by atoms with Gasteiger partial charge < -0.3 is 9.88 Å². The smallest absolute Gasteiger partial charge is 0.268 e. The molecule has 0 aliphatic heterocycles. The third-order valence-electron chi connectivity index (χ3n) is 5.59. The maximum absolute atomic E-state index is 12.5. The Morgan fingerprint density at radius 3 is 2.65 bits per heavy atom. The summed E-state index contributed by atoms with van der Waals surface area (Å²) in [6, 6.07) is 1.55. The van der Waals surface area contributed by atoms with Crippen LogP contribution in [0.2, 0.25) is 0 Å². The van der Waals surface area contributed by atoms with Crippen molar-refractivity contribution in [3.63, 3.8) is 0 Å². The Kier molecular flexibility index (Phi) is 4.27. The Morgan fingerprint density at radius 2 is 2.09 bits per heavy atom. The molecular weight excluding hydrogens is 314 g/mol. The van der Waals surface area contributed by atoms with Crippen molar-refractivity contribution in [2.24, 2.45) is 24.8 Å². The van der Waals surface area contributed by atoms with Gasteiger partial charge in [0.25, 0.3) is 5.91 Å². The molecule has 6 nitrogen and oxygen atoms in total. The molecule has 0 saturated heterocycles. The maximum atomic E-state index is 12.5. The minimum absolute atomic E-state index is 0.111. The molecule has 2 N–H and O–H groups in total. The summed E-state index contributed by atoms with van der Waals surface area (Å²) in [7, 11) is -0.489. The number of nitrogens with zero attached hydrogens (tertiary/aromatic N) is 1. The van der Waals surface area contributed by atoms with E-state index >= 15 is 0 Å². The SMILES string of the molecule is CNS(=O)(=O)c1cc(C(=O)N[C@H](C)[C@@H]2C[C@H]3CC[C@H]2C3)n(C)c1. The van der Waals surface area contributed by atoms with Gasteiger partial charge in [0.05, 0.1) is 0 Å². The van der Waals surface area contributed by atoms with Crippen LogP contribution in [-0.2, 0) is 17.1 Å². The highest BCUT2D eigenvalue weighted by Crippen LogP contribution is 2.49. The first-order chi connectivity index (χ1) is 10.8. The highest BCUT2D eigenvalue weighted by atomic mass is 32.2. The lowest BCUT2D eigenvalue weighted by Gasteiger charge is -2.28. The number of amides is 1. The zero-order valence-corrected chi connectivity index (χ0v) is 14.7. The van der Waals surface area contributed by atoms with Gasteiger partial charge in [-0.2, -0.15) is 0 Å². The van der Waals surface area contributed by atoms with Gasteiger partial charge in [-0.25, -0.2) is 13.1 Å². The molecular formula is C16H25N3O3S. The van der Waals surface area contributed by atoms with Gasteiger partial charge >= 0.3 is 0 Å².